The molecule has 0 saturated carbocycles. The summed E-state index contributed by atoms with van der Waals surface area (Å²) in [6, 6.07) is 5.11. The van der Waals surface area contributed by atoms with E-state index in [-0.39, 0.29) is 5.82 Å². The van der Waals surface area contributed by atoms with Gasteiger partial charge in [0.05, 0.1) is 0 Å². The molecule has 2 atom stereocenters. The zero-order valence-electron chi connectivity index (χ0n) is 9.80. The van der Waals surface area contributed by atoms with Crippen molar-refractivity contribution < 1.29 is 4.39 Å². The Morgan fingerprint density at radius 1 is 1.41 bits per heavy atom. The predicted octanol–water partition coefficient (Wildman–Crippen LogP) is 4.19. The topological polar surface area (TPSA) is 3.24 Å². The Hall–Kier alpha value is 0.0700. The molecule has 0 radical (unpaired) electrons. The van der Waals surface area contributed by atoms with Gasteiger partial charge in [0, 0.05) is 22.4 Å². The van der Waals surface area contributed by atoms with Crippen LogP contribution in [-0.2, 0) is 6.54 Å². The van der Waals surface area contributed by atoms with Crippen LogP contribution >= 0.6 is 31.9 Å². The molecule has 0 spiro atoms. The molecule has 2 rings (SSSR count). The molecule has 1 saturated heterocycles. The zero-order chi connectivity index (χ0) is 12.4. The third kappa shape index (κ3) is 3.76. The maximum absolute atomic E-state index is 13.3. The van der Waals surface area contributed by atoms with E-state index in [1.807, 2.05) is 6.07 Å². The van der Waals surface area contributed by atoms with Crippen LogP contribution in [-0.4, -0.2) is 22.8 Å². The van der Waals surface area contributed by atoms with E-state index in [1.165, 1.54) is 6.07 Å². The highest BCUT2D eigenvalue weighted by Crippen LogP contribution is 2.25. The van der Waals surface area contributed by atoms with E-state index < -0.39 is 0 Å². The summed E-state index contributed by atoms with van der Waals surface area (Å²) in [6.45, 7) is 5.24. The maximum atomic E-state index is 13.3. The highest BCUT2D eigenvalue weighted by Gasteiger charge is 2.23. The second kappa shape index (κ2) is 5.81. The Labute approximate surface area is 119 Å². The first-order valence-electron chi connectivity index (χ1n) is 5.86. The summed E-state index contributed by atoms with van der Waals surface area (Å²) in [6.07, 6.45) is 1.16. The first kappa shape index (κ1) is 13.5. The third-order valence-electron chi connectivity index (χ3n) is 3.21. The van der Waals surface area contributed by atoms with E-state index in [4.69, 9.17) is 0 Å². The molecule has 1 fully saturated rings. The van der Waals surface area contributed by atoms with Gasteiger partial charge in [0.1, 0.15) is 5.82 Å². The molecule has 1 nitrogen and oxygen atoms in total. The molecule has 4 heteroatoms. The van der Waals surface area contributed by atoms with Crippen molar-refractivity contribution >= 4 is 31.9 Å². The molecule has 1 heterocycles. The lowest BCUT2D eigenvalue weighted by molar-refractivity contribution is 0.183. The Kier molecular flexibility index (Phi) is 4.61. The van der Waals surface area contributed by atoms with Gasteiger partial charge >= 0.3 is 0 Å². The van der Waals surface area contributed by atoms with Gasteiger partial charge in [-0.15, -0.1) is 0 Å². The van der Waals surface area contributed by atoms with Crippen LogP contribution in [0.3, 0.4) is 0 Å². The number of piperidine rings is 1. The standard InChI is InChI=1S/C13H16Br2FN/c1-9-7-17(3-2-13(9)15)8-10-4-11(14)6-12(16)5-10/h4-6,9,13H,2-3,7-8H2,1H3. The highest BCUT2D eigenvalue weighted by atomic mass is 79.9. The largest absolute Gasteiger partial charge is 0.299 e. The van der Waals surface area contributed by atoms with Crippen LogP contribution < -0.4 is 0 Å². The van der Waals surface area contributed by atoms with E-state index in [2.05, 4.69) is 43.7 Å². The summed E-state index contributed by atoms with van der Waals surface area (Å²) in [5.74, 6) is 0.485. The van der Waals surface area contributed by atoms with Crippen molar-refractivity contribution in [2.24, 2.45) is 5.92 Å². The maximum Gasteiger partial charge on any atom is 0.124 e. The molecule has 1 aliphatic rings. The van der Waals surface area contributed by atoms with E-state index in [9.17, 15) is 4.39 Å². The van der Waals surface area contributed by atoms with Crippen LogP contribution in [0.2, 0.25) is 0 Å². The summed E-state index contributed by atoms with van der Waals surface area (Å²) in [5.41, 5.74) is 1.04. The van der Waals surface area contributed by atoms with Crippen molar-refractivity contribution in [2.45, 2.75) is 24.7 Å². The van der Waals surface area contributed by atoms with Gasteiger partial charge in [-0.25, -0.2) is 4.39 Å². The number of hydrogen-bond acceptors (Lipinski definition) is 1. The number of benzene rings is 1. The van der Waals surface area contributed by atoms with Gasteiger partial charge in [0.25, 0.3) is 0 Å². The van der Waals surface area contributed by atoms with E-state index in [0.717, 1.165) is 36.1 Å². The smallest absolute Gasteiger partial charge is 0.124 e. The van der Waals surface area contributed by atoms with Crippen molar-refractivity contribution in [2.75, 3.05) is 13.1 Å². The van der Waals surface area contributed by atoms with E-state index in [1.54, 1.807) is 6.07 Å². The molecule has 0 aromatic heterocycles. The lowest BCUT2D eigenvalue weighted by Crippen LogP contribution is -2.39. The molecule has 94 valence electrons. The van der Waals surface area contributed by atoms with Crippen LogP contribution in [0.25, 0.3) is 0 Å². The number of nitrogens with zero attached hydrogens (tertiary/aromatic N) is 1. The van der Waals surface area contributed by atoms with Crippen LogP contribution in [0.4, 0.5) is 4.39 Å². The van der Waals surface area contributed by atoms with Crippen molar-refractivity contribution in [1.82, 2.24) is 4.90 Å². The van der Waals surface area contributed by atoms with Gasteiger partial charge < -0.3 is 0 Å². The molecule has 17 heavy (non-hydrogen) atoms. The Bertz CT molecular complexity index is 377. The Morgan fingerprint density at radius 2 is 2.18 bits per heavy atom. The minimum Gasteiger partial charge on any atom is -0.299 e. The monoisotopic (exact) mass is 363 g/mol. The second-order valence-electron chi connectivity index (χ2n) is 4.79. The van der Waals surface area contributed by atoms with Crippen molar-refractivity contribution in [1.29, 1.82) is 0 Å². The van der Waals surface area contributed by atoms with Crippen LogP contribution in [0.5, 0.6) is 0 Å². The summed E-state index contributed by atoms with van der Waals surface area (Å²) in [4.78, 5) is 3.02. The minimum absolute atomic E-state index is 0.169. The molecular weight excluding hydrogens is 349 g/mol. The average Bonchev–Trinajstić information content (AvgIpc) is 2.22. The number of likely N-dealkylation sites (tertiary alicyclic amines) is 1. The molecule has 2 unspecified atom stereocenters. The van der Waals surface area contributed by atoms with Crippen molar-refractivity contribution in [3.63, 3.8) is 0 Å². The summed E-state index contributed by atoms with van der Waals surface area (Å²) in [7, 11) is 0. The van der Waals surface area contributed by atoms with Gasteiger partial charge in [0.2, 0.25) is 0 Å². The lowest BCUT2D eigenvalue weighted by atomic mass is 9.99. The van der Waals surface area contributed by atoms with Gasteiger partial charge in [-0.05, 0) is 42.6 Å². The number of hydrogen-bond donors (Lipinski definition) is 0. The fourth-order valence-corrected chi connectivity index (χ4v) is 3.19. The fourth-order valence-electron chi connectivity index (χ4n) is 2.31. The molecule has 0 N–H and O–H groups in total. The summed E-state index contributed by atoms with van der Waals surface area (Å²) >= 11 is 7.03. The van der Waals surface area contributed by atoms with Gasteiger partial charge in [0.15, 0.2) is 0 Å². The number of alkyl halides is 1. The highest BCUT2D eigenvalue weighted by molar-refractivity contribution is 9.10. The van der Waals surface area contributed by atoms with Gasteiger partial charge in [-0.1, -0.05) is 38.8 Å². The van der Waals surface area contributed by atoms with E-state index in [0.29, 0.717) is 10.7 Å². The first-order valence-corrected chi connectivity index (χ1v) is 7.57. The van der Waals surface area contributed by atoms with Crippen LogP contribution in [0, 0.1) is 11.7 Å². The predicted molar refractivity (Wildman–Crippen MR) is 75.9 cm³/mol. The van der Waals surface area contributed by atoms with Crippen molar-refractivity contribution in [3.05, 3.63) is 34.1 Å². The number of rotatable bonds is 2. The van der Waals surface area contributed by atoms with Crippen LogP contribution in [0.15, 0.2) is 22.7 Å². The molecule has 1 aliphatic heterocycles. The normalized spacial score (nSPS) is 26.1. The molecule has 1 aromatic rings. The third-order valence-corrected chi connectivity index (χ3v) is 5.03. The molecular formula is C13H16Br2FN. The minimum atomic E-state index is -0.169. The quantitative estimate of drug-likeness (QED) is 0.711. The second-order valence-corrected chi connectivity index (χ2v) is 6.89. The van der Waals surface area contributed by atoms with Crippen LogP contribution in [0.1, 0.15) is 18.9 Å². The Balaban J connectivity index is 2.01. The SMILES string of the molecule is CC1CN(Cc2cc(F)cc(Br)c2)CCC1Br. The molecule has 0 bridgehead atoms. The summed E-state index contributed by atoms with van der Waals surface area (Å²) < 4.78 is 14.1. The lowest BCUT2D eigenvalue weighted by Gasteiger charge is -2.34. The molecule has 1 aromatic carbocycles. The Morgan fingerprint density at radius 3 is 2.82 bits per heavy atom. The fraction of sp³-hybridized carbons (Fsp3) is 0.538. The van der Waals surface area contributed by atoms with Gasteiger partial charge in [-0.3, -0.25) is 4.90 Å². The molecule has 0 amide bonds. The first-order chi connectivity index (χ1) is 8.04. The molecule has 0 aliphatic carbocycles. The van der Waals surface area contributed by atoms with Crippen molar-refractivity contribution in [3.8, 4) is 0 Å². The van der Waals surface area contributed by atoms with Gasteiger partial charge in [-0.2, -0.15) is 0 Å². The van der Waals surface area contributed by atoms with E-state index >= 15 is 0 Å². The average molecular weight is 365 g/mol. The number of halogens is 3. The zero-order valence-corrected chi connectivity index (χ0v) is 13.0. The summed E-state index contributed by atoms with van der Waals surface area (Å²) in [5, 5.41) is 0.